The number of halogens is 1. The maximum absolute atomic E-state index is 13.1. The quantitative estimate of drug-likeness (QED) is 0.0814. The Kier molecular flexibility index (Phi) is 15.1. The predicted molar refractivity (Wildman–Crippen MR) is 249 cm³/mol. The number of ether oxygens (including phenoxy) is 1. The van der Waals surface area contributed by atoms with Crippen molar-refractivity contribution < 1.29 is 61.9 Å². The number of imidazole rings is 2. The fourth-order valence-corrected chi connectivity index (χ4v) is 10.1. The van der Waals surface area contributed by atoms with Crippen molar-refractivity contribution in [2.75, 3.05) is 57.3 Å². The molecule has 2 atom stereocenters. The smallest absolute Gasteiger partial charge is 0.410 e. The predicted octanol–water partition coefficient (Wildman–Crippen LogP) is 7.02. The van der Waals surface area contributed by atoms with Crippen LogP contribution in [0.25, 0.3) is 43.5 Å². The third kappa shape index (κ3) is 11.2. The Bertz CT molecular complexity index is 2580. The van der Waals surface area contributed by atoms with E-state index in [1.165, 1.54) is 22.4 Å². The first-order chi connectivity index (χ1) is 29.8. The van der Waals surface area contributed by atoms with Crippen molar-refractivity contribution in [1.82, 2.24) is 46.1 Å². The van der Waals surface area contributed by atoms with Gasteiger partial charge in [-0.3, -0.25) is 9.59 Å². The van der Waals surface area contributed by atoms with E-state index in [0.717, 1.165) is 78.5 Å². The van der Waals surface area contributed by atoms with Gasteiger partial charge < -0.3 is 56.0 Å². The van der Waals surface area contributed by atoms with Crippen LogP contribution in [0, 0.1) is 31.1 Å². The molecule has 3 aliphatic rings. The molecule has 3 saturated heterocycles. The van der Waals surface area contributed by atoms with Crippen LogP contribution in [0.1, 0.15) is 68.6 Å². The van der Waals surface area contributed by atoms with E-state index in [9.17, 15) is 24.6 Å². The summed E-state index contributed by atoms with van der Waals surface area (Å²) in [6.07, 6.45) is 3.19. The molecule has 7 heterocycles. The zero-order chi connectivity index (χ0) is 43.5. The second-order valence-electron chi connectivity index (χ2n) is 16.6. The van der Waals surface area contributed by atoms with Crippen LogP contribution in [-0.2, 0) is 4.74 Å². The first-order valence-electron chi connectivity index (χ1n) is 20.8. The Morgan fingerprint density at radius 3 is 1.94 bits per heavy atom. The first-order valence-corrected chi connectivity index (χ1v) is 23.3. The van der Waals surface area contributed by atoms with Gasteiger partial charge in [0.15, 0.2) is 0 Å². The van der Waals surface area contributed by atoms with E-state index in [2.05, 4.69) is 63.1 Å². The first kappa shape index (κ1) is 46.8. The van der Waals surface area contributed by atoms with Gasteiger partial charge in [-0.1, -0.05) is 0 Å². The van der Waals surface area contributed by atoms with Crippen molar-refractivity contribution >= 4 is 83.6 Å². The van der Waals surface area contributed by atoms with Crippen molar-refractivity contribution in [2.24, 2.45) is 0 Å². The number of H-pyrrole nitrogens is 2. The van der Waals surface area contributed by atoms with Crippen LogP contribution in [0.2, 0.25) is 0 Å². The summed E-state index contributed by atoms with van der Waals surface area (Å²) in [5, 5.41) is 34.6. The summed E-state index contributed by atoms with van der Waals surface area (Å²) >= 11 is 6.61. The fourth-order valence-electron chi connectivity index (χ4n) is 7.80. The fraction of sp³-hybridized carbons (Fsp3) is 0.419. The molecule has 63 heavy (non-hydrogen) atoms. The van der Waals surface area contributed by atoms with Gasteiger partial charge in [-0.25, -0.2) is 14.8 Å². The number of carbonyl (C=O) groups excluding carboxylic acids is 3. The van der Waals surface area contributed by atoms with E-state index in [1.54, 1.807) is 34.4 Å². The zero-order valence-electron chi connectivity index (χ0n) is 35.3. The van der Waals surface area contributed by atoms with Crippen molar-refractivity contribution in [1.29, 1.82) is 0 Å². The third-order valence-electron chi connectivity index (χ3n) is 10.8. The third-order valence-corrected chi connectivity index (χ3v) is 13.6. The molecule has 16 nitrogen and oxygen atoms in total. The van der Waals surface area contributed by atoms with Crippen LogP contribution in [-0.4, -0.2) is 123 Å². The van der Waals surface area contributed by atoms with Crippen LogP contribution in [0.15, 0.2) is 52.3 Å². The van der Waals surface area contributed by atoms with E-state index in [4.69, 9.17) is 9.72 Å². The van der Waals surface area contributed by atoms with Crippen molar-refractivity contribution in [3.05, 3.63) is 63.4 Å². The molecule has 334 valence electrons. The average Bonchev–Trinajstić information content (AvgIpc) is 4.08. The molecule has 9 rings (SSSR count). The Balaban J connectivity index is 0.000000206. The van der Waals surface area contributed by atoms with E-state index in [1.807, 2.05) is 39.0 Å². The minimum Gasteiger partial charge on any atom is -0.506 e. The van der Waals surface area contributed by atoms with E-state index < -0.39 is 5.60 Å². The molecule has 0 spiro atoms. The number of hydrogen-bond acceptors (Lipinski definition) is 13. The number of thiophene rings is 2. The van der Waals surface area contributed by atoms with Crippen LogP contribution in [0.3, 0.4) is 0 Å². The molecule has 3 fully saturated rings. The van der Waals surface area contributed by atoms with Crippen LogP contribution >= 0.6 is 38.6 Å². The second-order valence-corrected chi connectivity index (χ2v) is 20.1. The minimum absolute atomic E-state index is 0. The van der Waals surface area contributed by atoms with Gasteiger partial charge in [0.2, 0.25) is 0 Å². The van der Waals surface area contributed by atoms with E-state index in [0.29, 0.717) is 57.9 Å². The molecule has 20 heteroatoms. The number of phenolic OH excluding ortho intramolecular Hbond substituents is 2. The summed E-state index contributed by atoms with van der Waals surface area (Å²) < 4.78 is 6.42. The Morgan fingerprint density at radius 2 is 1.37 bits per heavy atom. The summed E-state index contributed by atoms with van der Waals surface area (Å²) in [5.41, 5.74) is 2.10. The number of aromatic amines is 2. The van der Waals surface area contributed by atoms with Gasteiger partial charge >= 0.3 is 6.09 Å². The number of piperidine rings is 2. The Labute approximate surface area is 406 Å². The number of anilines is 1. The number of aromatic nitrogens is 4. The topological polar surface area (TPSA) is 213 Å². The number of likely N-dealkylation sites (tertiary alicyclic amines) is 1. The van der Waals surface area contributed by atoms with Gasteiger partial charge in [0.25, 0.3) is 11.8 Å². The summed E-state index contributed by atoms with van der Waals surface area (Å²) in [6.45, 7) is 12.2. The van der Waals surface area contributed by atoms with Gasteiger partial charge in [0.05, 0.1) is 29.7 Å². The number of aromatic hydroxyl groups is 2. The Morgan fingerprint density at radius 1 is 0.778 bits per heavy atom. The molecule has 0 radical (unpaired) electrons. The molecular formula is C43H53BrN10O6S2U. The number of nitrogens with zero attached hydrogens (tertiary/aromatic N) is 4. The average molecular weight is 1190 g/mol. The number of benzene rings is 2. The number of phenols is 2. The monoisotopic (exact) mass is 1190 g/mol. The molecule has 6 aromatic rings. The minimum atomic E-state index is -0.569. The van der Waals surface area contributed by atoms with Crippen LogP contribution in [0.5, 0.6) is 11.5 Å². The molecule has 4 aromatic heterocycles. The van der Waals surface area contributed by atoms with Gasteiger partial charge in [0.1, 0.15) is 50.8 Å². The largest absolute Gasteiger partial charge is 0.506 e. The molecule has 0 bridgehead atoms. The number of amides is 3. The van der Waals surface area contributed by atoms with Gasteiger partial charge in [-0.2, -0.15) is 0 Å². The molecule has 3 aliphatic heterocycles. The number of piperazine rings is 1. The van der Waals surface area contributed by atoms with Gasteiger partial charge in [-0.05, 0) is 117 Å². The number of fused-ring (bicyclic) bond motifs is 2. The summed E-state index contributed by atoms with van der Waals surface area (Å²) in [4.78, 5) is 59.9. The molecule has 2 aromatic carbocycles. The zero-order valence-corrected chi connectivity index (χ0v) is 42.7. The summed E-state index contributed by atoms with van der Waals surface area (Å²) in [7, 11) is 0. The second kappa shape index (κ2) is 20.3. The molecular weight excluding hydrogens is 1130 g/mol. The molecule has 3 amide bonds. The SMILES string of the molecule is CC(C)(C)OC(=O)N1CCC[C@H](NC(=O)c2ccc(O)c3[nH]c(-c4ccc(Br)s4)nc23)C1.O=C(N[C@H]1CCCNC1)c1ccc(O)c2[nH]c(-c3ccc(N4CCNCC4)s3)nc12.[3HH].[U]. The van der Waals surface area contributed by atoms with Crippen LogP contribution < -0.4 is 26.2 Å². The summed E-state index contributed by atoms with van der Waals surface area (Å²) in [6, 6.07) is 14.2. The molecule has 0 aliphatic carbocycles. The number of nitrogens with one attached hydrogen (secondary N) is 6. The number of rotatable bonds is 7. The van der Waals surface area contributed by atoms with Crippen molar-refractivity contribution in [3.8, 4) is 32.9 Å². The normalized spacial score (nSPS) is 18.0. The van der Waals surface area contributed by atoms with E-state index in [-0.39, 0.29) is 74.0 Å². The van der Waals surface area contributed by atoms with E-state index >= 15 is 0 Å². The molecule has 0 unspecified atom stereocenters. The van der Waals surface area contributed by atoms with Gasteiger partial charge in [-0.15, -0.1) is 22.7 Å². The van der Waals surface area contributed by atoms with Gasteiger partial charge in [0, 0.05) is 90.4 Å². The summed E-state index contributed by atoms with van der Waals surface area (Å²) in [5.74, 6) is 0.931. The Hall–Kier alpha value is -4.16. The maximum Gasteiger partial charge on any atom is 0.410 e. The number of hydrogen-bond donors (Lipinski definition) is 8. The van der Waals surface area contributed by atoms with Crippen molar-refractivity contribution in [2.45, 2.75) is 64.1 Å². The molecule has 8 N–H and O–H groups in total. The number of carbonyl (C=O) groups is 3. The maximum atomic E-state index is 13.1. The van der Waals surface area contributed by atoms with Crippen molar-refractivity contribution in [3.63, 3.8) is 0 Å². The molecule has 0 saturated carbocycles. The standard InChI is InChI=1S/C22H25BrN4O4S.C21H26N6O2S.U.H2/c1-22(2,3)31-21(30)27-10-4-5-12(11-27)24-20(29)13-6-7-14(28)18-17(13)25-19(26-18)15-8-9-16(23)32-15;28-15-4-3-14(21(29)24-13-2-1-7-23-12-13)18-19(15)26-20(25-18)16-5-6-17(30-16)27-10-8-22-9-11-27;;/h6-9,12,28H,4-5,10-11H2,1-3H3,(H,24,29)(H,25,26);3-6,13,22-23,28H,1-2,7-12H2,(H,24,29)(H,25,26);;1H/t12-;13-;;/m00../s1/i;;;1+2. The van der Waals surface area contributed by atoms with Crippen LogP contribution in [0.4, 0.5) is 9.80 Å².